The van der Waals surface area contributed by atoms with Crippen molar-refractivity contribution in [3.8, 4) is 11.1 Å². The van der Waals surface area contributed by atoms with Crippen molar-refractivity contribution < 1.29 is 19.1 Å². The molecule has 0 aliphatic carbocycles. The minimum absolute atomic E-state index is 0.237. The molecule has 0 saturated heterocycles. The number of anilines is 2. The van der Waals surface area contributed by atoms with E-state index in [0.29, 0.717) is 27.4 Å². The number of aryl methyl sites for hydroxylation is 1. The fourth-order valence-electron chi connectivity index (χ4n) is 3.67. The highest BCUT2D eigenvalue weighted by atomic mass is 32.1. The molecule has 1 heterocycles. The van der Waals surface area contributed by atoms with E-state index in [-0.39, 0.29) is 11.8 Å². The van der Waals surface area contributed by atoms with Gasteiger partial charge in [0.1, 0.15) is 5.00 Å². The van der Waals surface area contributed by atoms with Gasteiger partial charge in [-0.25, -0.2) is 4.79 Å². The van der Waals surface area contributed by atoms with Crippen LogP contribution in [-0.2, 0) is 4.74 Å². The molecule has 0 aliphatic rings. The van der Waals surface area contributed by atoms with Gasteiger partial charge in [0.15, 0.2) is 0 Å². The molecule has 35 heavy (non-hydrogen) atoms. The van der Waals surface area contributed by atoms with Gasteiger partial charge in [0.05, 0.1) is 12.7 Å². The summed E-state index contributed by atoms with van der Waals surface area (Å²) < 4.78 is 4.79. The lowest BCUT2D eigenvalue weighted by Crippen LogP contribution is -2.27. The first-order valence-electron chi connectivity index (χ1n) is 10.9. The lowest BCUT2D eigenvalue weighted by Gasteiger charge is -2.17. The summed E-state index contributed by atoms with van der Waals surface area (Å²) in [6.45, 7) is 2.02. The highest BCUT2D eigenvalue weighted by molar-refractivity contribution is 7.14. The van der Waals surface area contributed by atoms with E-state index < -0.39 is 5.97 Å². The van der Waals surface area contributed by atoms with Crippen LogP contribution in [0.3, 0.4) is 0 Å². The Hall–Kier alpha value is -4.23. The summed E-state index contributed by atoms with van der Waals surface area (Å²) in [5.41, 5.74) is 4.85. The van der Waals surface area contributed by atoms with Crippen LogP contribution in [0.25, 0.3) is 11.1 Å². The third kappa shape index (κ3) is 5.15. The first-order valence-corrected chi connectivity index (χ1v) is 11.8. The standard InChI is InChI=1S/C28H24N2O4S/c1-18-8-10-19(11-9-18)22-6-4-5-7-23(22)25(31)29-21-14-12-20(13-15-21)26(32)30(2)27-24(16-17-35-27)28(33)34-3/h4-17H,1-3H3,(H,29,31). The molecule has 176 valence electrons. The third-order valence-corrected chi connectivity index (χ3v) is 6.57. The predicted octanol–water partition coefficient (Wildman–Crippen LogP) is 6.04. The van der Waals surface area contributed by atoms with Crippen molar-refractivity contribution in [2.24, 2.45) is 0 Å². The Labute approximate surface area is 207 Å². The second-order valence-corrected chi connectivity index (χ2v) is 8.83. The summed E-state index contributed by atoms with van der Waals surface area (Å²) in [6.07, 6.45) is 0. The predicted molar refractivity (Wildman–Crippen MR) is 139 cm³/mol. The van der Waals surface area contributed by atoms with E-state index >= 15 is 0 Å². The van der Waals surface area contributed by atoms with E-state index in [1.54, 1.807) is 48.8 Å². The molecule has 7 heteroatoms. The van der Waals surface area contributed by atoms with E-state index in [1.165, 1.54) is 23.3 Å². The van der Waals surface area contributed by atoms with E-state index in [2.05, 4.69) is 5.32 Å². The number of amides is 2. The van der Waals surface area contributed by atoms with Crippen molar-refractivity contribution >= 4 is 39.8 Å². The van der Waals surface area contributed by atoms with Crippen molar-refractivity contribution in [2.75, 3.05) is 24.4 Å². The molecule has 2 amide bonds. The Morgan fingerprint density at radius 3 is 2.23 bits per heavy atom. The van der Waals surface area contributed by atoms with Gasteiger partial charge in [-0.1, -0.05) is 48.0 Å². The maximum absolute atomic E-state index is 13.1. The highest BCUT2D eigenvalue weighted by Gasteiger charge is 2.22. The number of rotatable bonds is 6. The number of ether oxygens (including phenoxy) is 1. The summed E-state index contributed by atoms with van der Waals surface area (Å²) in [7, 11) is 2.91. The molecule has 4 rings (SSSR count). The van der Waals surface area contributed by atoms with Crippen LogP contribution in [0.1, 0.15) is 36.6 Å². The van der Waals surface area contributed by atoms with Crippen LogP contribution >= 0.6 is 11.3 Å². The third-order valence-electron chi connectivity index (χ3n) is 5.58. The Morgan fingerprint density at radius 2 is 1.54 bits per heavy atom. The average molecular weight is 485 g/mol. The first-order chi connectivity index (χ1) is 16.9. The lowest BCUT2D eigenvalue weighted by atomic mass is 9.98. The molecule has 0 fully saturated rings. The zero-order chi connectivity index (χ0) is 24.9. The number of benzene rings is 3. The lowest BCUT2D eigenvalue weighted by molar-refractivity contribution is 0.0602. The summed E-state index contributed by atoms with van der Waals surface area (Å²) >= 11 is 1.28. The minimum atomic E-state index is -0.495. The van der Waals surface area contributed by atoms with Gasteiger partial charge in [-0.15, -0.1) is 11.3 Å². The Morgan fingerprint density at radius 1 is 0.857 bits per heavy atom. The van der Waals surface area contributed by atoms with Gasteiger partial charge in [0.25, 0.3) is 11.8 Å². The van der Waals surface area contributed by atoms with E-state index in [9.17, 15) is 14.4 Å². The van der Waals surface area contributed by atoms with Crippen LogP contribution in [0.15, 0.2) is 84.2 Å². The number of carbonyl (C=O) groups is 3. The highest BCUT2D eigenvalue weighted by Crippen LogP contribution is 2.29. The number of thiophene rings is 1. The topological polar surface area (TPSA) is 75.7 Å². The molecule has 1 N–H and O–H groups in total. The van der Waals surface area contributed by atoms with Crippen molar-refractivity contribution in [3.63, 3.8) is 0 Å². The van der Waals surface area contributed by atoms with Crippen molar-refractivity contribution in [1.82, 2.24) is 0 Å². The molecular weight excluding hydrogens is 460 g/mol. The number of esters is 1. The molecule has 0 saturated carbocycles. The summed E-state index contributed by atoms with van der Waals surface area (Å²) in [5.74, 6) is -1.01. The Bertz CT molecular complexity index is 1370. The summed E-state index contributed by atoms with van der Waals surface area (Å²) in [6, 6.07) is 23.8. The van der Waals surface area contributed by atoms with E-state index in [0.717, 1.165) is 16.7 Å². The molecular formula is C28H24N2O4S. The van der Waals surface area contributed by atoms with Crippen molar-refractivity contribution in [3.05, 3.63) is 106 Å². The molecule has 0 unspecified atom stereocenters. The first kappa shape index (κ1) is 23.9. The number of hydrogen-bond donors (Lipinski definition) is 1. The average Bonchev–Trinajstić information content (AvgIpc) is 3.38. The van der Waals surface area contributed by atoms with Crippen LogP contribution in [0.2, 0.25) is 0 Å². The van der Waals surface area contributed by atoms with Crippen LogP contribution in [-0.4, -0.2) is 31.9 Å². The molecule has 3 aromatic carbocycles. The van der Waals surface area contributed by atoms with Gasteiger partial charge in [-0.3, -0.25) is 9.59 Å². The molecule has 4 aromatic rings. The van der Waals surface area contributed by atoms with Crippen molar-refractivity contribution in [2.45, 2.75) is 6.92 Å². The maximum Gasteiger partial charge on any atom is 0.340 e. The number of nitrogens with zero attached hydrogens (tertiary/aromatic N) is 1. The van der Waals surface area contributed by atoms with Gasteiger partial charge in [0.2, 0.25) is 0 Å². The zero-order valence-corrected chi connectivity index (χ0v) is 20.4. The summed E-state index contributed by atoms with van der Waals surface area (Å²) in [5, 5.41) is 5.15. The Balaban J connectivity index is 1.50. The smallest absolute Gasteiger partial charge is 0.340 e. The molecule has 6 nitrogen and oxygen atoms in total. The zero-order valence-electron chi connectivity index (χ0n) is 19.6. The second kappa shape index (κ2) is 10.4. The molecule has 0 radical (unpaired) electrons. The van der Waals surface area contributed by atoms with Crippen molar-refractivity contribution in [1.29, 1.82) is 0 Å². The van der Waals surface area contributed by atoms with Crippen LogP contribution in [0, 0.1) is 6.92 Å². The SMILES string of the molecule is COC(=O)c1ccsc1N(C)C(=O)c1ccc(NC(=O)c2ccccc2-c2ccc(C)cc2)cc1. The largest absolute Gasteiger partial charge is 0.465 e. The molecule has 0 spiro atoms. The van der Waals surface area contributed by atoms with Gasteiger partial charge < -0.3 is 15.0 Å². The van der Waals surface area contributed by atoms with E-state index in [1.807, 2.05) is 49.4 Å². The molecule has 0 aliphatic heterocycles. The molecule has 0 atom stereocenters. The summed E-state index contributed by atoms with van der Waals surface area (Å²) in [4.78, 5) is 39.4. The normalized spacial score (nSPS) is 10.5. The van der Waals surface area contributed by atoms with Crippen LogP contribution in [0.5, 0.6) is 0 Å². The van der Waals surface area contributed by atoms with Gasteiger partial charge in [-0.2, -0.15) is 0 Å². The fraction of sp³-hybridized carbons (Fsp3) is 0.107. The number of hydrogen-bond acceptors (Lipinski definition) is 5. The fourth-order valence-corrected chi connectivity index (χ4v) is 4.53. The van der Waals surface area contributed by atoms with Crippen LogP contribution < -0.4 is 10.2 Å². The number of carbonyl (C=O) groups excluding carboxylic acids is 3. The van der Waals surface area contributed by atoms with Crippen LogP contribution in [0.4, 0.5) is 10.7 Å². The number of methoxy groups -OCH3 is 1. The maximum atomic E-state index is 13.1. The molecule has 1 aromatic heterocycles. The second-order valence-electron chi connectivity index (χ2n) is 7.94. The number of nitrogens with one attached hydrogen (secondary N) is 1. The molecule has 0 bridgehead atoms. The quantitative estimate of drug-likeness (QED) is 0.339. The van der Waals surface area contributed by atoms with E-state index in [4.69, 9.17) is 4.74 Å². The minimum Gasteiger partial charge on any atom is -0.465 e. The Kier molecular flexibility index (Phi) is 7.08. The van der Waals surface area contributed by atoms with Gasteiger partial charge in [0, 0.05) is 23.9 Å². The van der Waals surface area contributed by atoms with Gasteiger partial charge in [-0.05, 0) is 59.8 Å². The van der Waals surface area contributed by atoms with Gasteiger partial charge >= 0.3 is 5.97 Å². The monoisotopic (exact) mass is 484 g/mol.